The van der Waals surface area contributed by atoms with Gasteiger partial charge in [-0.15, -0.1) is 0 Å². The van der Waals surface area contributed by atoms with Crippen LogP contribution in [0.5, 0.6) is 0 Å². The van der Waals surface area contributed by atoms with E-state index in [4.69, 9.17) is 0 Å². The van der Waals surface area contributed by atoms with Crippen LogP contribution in [0.1, 0.15) is 32.6 Å². The van der Waals surface area contributed by atoms with Crippen molar-refractivity contribution < 1.29 is 31.2 Å². The molecule has 6 nitrogen and oxygen atoms in total. The molecule has 2 rings (SSSR count). The van der Waals surface area contributed by atoms with E-state index in [-0.39, 0.29) is 6.42 Å². The van der Waals surface area contributed by atoms with E-state index >= 15 is 0 Å². The van der Waals surface area contributed by atoms with Crippen LogP contribution in [0, 0.1) is 5.92 Å². The Morgan fingerprint density at radius 3 is 2.24 bits per heavy atom. The molecule has 0 bridgehead atoms. The molecule has 0 aliphatic heterocycles. The minimum Gasteiger partial charge on any atom is -0.334 e. The number of hydrogen-bond donors (Lipinski definition) is 2. The Kier molecular flexibility index (Phi) is 3.71. The quantitative estimate of drug-likeness (QED) is 0.766. The second-order valence-corrected chi connectivity index (χ2v) is 7.37. The van der Waals surface area contributed by atoms with E-state index in [0.717, 1.165) is 0 Å². The first-order chi connectivity index (χ1) is 9.53. The summed E-state index contributed by atoms with van der Waals surface area (Å²) < 4.78 is 62.1. The van der Waals surface area contributed by atoms with Gasteiger partial charge in [0.2, 0.25) is 10.0 Å². The van der Waals surface area contributed by atoms with E-state index in [0.29, 0.717) is 19.3 Å². The van der Waals surface area contributed by atoms with Crippen molar-refractivity contribution in [3.63, 3.8) is 0 Å². The summed E-state index contributed by atoms with van der Waals surface area (Å²) >= 11 is 0. The number of rotatable bonds is 5. The molecule has 2 atom stereocenters. The Morgan fingerprint density at radius 2 is 1.86 bits per heavy atom. The summed E-state index contributed by atoms with van der Waals surface area (Å²) in [6.45, 7) is 1.65. The minimum absolute atomic E-state index is 0.00264. The van der Waals surface area contributed by atoms with Gasteiger partial charge >= 0.3 is 12.1 Å². The molecule has 21 heavy (non-hydrogen) atoms. The van der Waals surface area contributed by atoms with Crippen LogP contribution >= 0.6 is 0 Å². The van der Waals surface area contributed by atoms with Crippen LogP contribution in [0.3, 0.4) is 0 Å². The molecule has 2 fully saturated rings. The van der Waals surface area contributed by atoms with Crippen molar-refractivity contribution in [2.75, 3.05) is 0 Å². The number of hydrogen-bond acceptors (Lipinski definition) is 4. The molecule has 10 heteroatoms. The summed E-state index contributed by atoms with van der Waals surface area (Å²) in [7, 11) is -3.86. The van der Waals surface area contributed by atoms with Gasteiger partial charge in [0.1, 0.15) is 5.54 Å². The Morgan fingerprint density at radius 1 is 1.29 bits per heavy atom. The van der Waals surface area contributed by atoms with Crippen molar-refractivity contribution in [3.8, 4) is 0 Å². The standard InChI is InChI=1S/C11H15F3N2O4S/c1-2-6-5-10(6,15-9(18)11(12,13)14)8(17)16-21(19,20)7-3-4-7/h6-7H,2-5H2,1H3,(H,15,18)(H,16,17)/t6-,10-/m1/s1. The number of sulfonamides is 1. The largest absolute Gasteiger partial charge is 0.471 e. The van der Waals surface area contributed by atoms with Crippen LogP contribution in [0.25, 0.3) is 0 Å². The highest BCUT2D eigenvalue weighted by Gasteiger charge is 2.63. The zero-order chi connectivity index (χ0) is 16.1. The molecular formula is C11H15F3N2O4S. The SMILES string of the molecule is CC[C@@H]1C[C@]1(NC(=O)C(F)(F)F)C(=O)NS(=O)(=O)C1CC1. The van der Waals surface area contributed by atoms with Gasteiger partial charge in [-0.05, 0) is 25.2 Å². The molecule has 0 heterocycles. The smallest absolute Gasteiger partial charge is 0.334 e. The van der Waals surface area contributed by atoms with E-state index < -0.39 is 44.7 Å². The Bertz CT molecular complexity index is 571. The second kappa shape index (κ2) is 4.85. The third-order valence-electron chi connectivity index (χ3n) is 3.80. The summed E-state index contributed by atoms with van der Waals surface area (Å²) in [6.07, 6.45) is -3.93. The molecule has 0 spiro atoms. The first kappa shape index (κ1) is 16.1. The highest BCUT2D eigenvalue weighted by Crippen LogP contribution is 2.47. The van der Waals surface area contributed by atoms with Gasteiger partial charge in [0, 0.05) is 0 Å². The van der Waals surface area contributed by atoms with Gasteiger partial charge < -0.3 is 5.32 Å². The molecule has 2 N–H and O–H groups in total. The Hall–Kier alpha value is -1.32. The van der Waals surface area contributed by atoms with E-state index in [1.165, 1.54) is 0 Å². The van der Waals surface area contributed by atoms with Gasteiger partial charge in [-0.1, -0.05) is 13.3 Å². The third kappa shape index (κ3) is 3.14. The fourth-order valence-electron chi connectivity index (χ4n) is 2.27. The average Bonchev–Trinajstić information content (AvgIpc) is 3.21. The second-order valence-electron chi connectivity index (χ2n) is 5.41. The molecule has 2 aliphatic rings. The van der Waals surface area contributed by atoms with Crippen molar-refractivity contribution in [2.24, 2.45) is 5.92 Å². The molecule has 0 unspecified atom stereocenters. The molecule has 0 aromatic rings. The monoisotopic (exact) mass is 328 g/mol. The fraction of sp³-hybridized carbons (Fsp3) is 0.818. The first-order valence-corrected chi connectivity index (χ1v) is 8.03. The average molecular weight is 328 g/mol. The number of nitrogens with one attached hydrogen (secondary N) is 2. The highest BCUT2D eigenvalue weighted by atomic mass is 32.2. The summed E-state index contributed by atoms with van der Waals surface area (Å²) in [6, 6.07) is 0. The maximum atomic E-state index is 12.3. The Balaban J connectivity index is 2.12. The van der Waals surface area contributed by atoms with Crippen LogP contribution in [-0.4, -0.2) is 37.2 Å². The lowest BCUT2D eigenvalue weighted by Crippen LogP contribution is -2.55. The van der Waals surface area contributed by atoms with Crippen LogP contribution in [0.4, 0.5) is 13.2 Å². The maximum Gasteiger partial charge on any atom is 0.471 e. The molecular weight excluding hydrogens is 313 g/mol. The highest BCUT2D eigenvalue weighted by molar-refractivity contribution is 7.90. The molecule has 2 amide bonds. The number of alkyl halides is 3. The summed E-state index contributed by atoms with van der Waals surface area (Å²) in [5.74, 6) is -3.82. The van der Waals surface area contributed by atoms with Crippen LogP contribution in [0.2, 0.25) is 0 Å². The third-order valence-corrected chi connectivity index (χ3v) is 5.61. The van der Waals surface area contributed by atoms with Crippen molar-refractivity contribution in [1.82, 2.24) is 10.0 Å². The van der Waals surface area contributed by atoms with Gasteiger partial charge in [0.15, 0.2) is 0 Å². The van der Waals surface area contributed by atoms with E-state index in [9.17, 15) is 31.2 Å². The van der Waals surface area contributed by atoms with Gasteiger partial charge in [-0.3, -0.25) is 14.3 Å². The molecule has 0 radical (unpaired) electrons. The normalized spacial score (nSPS) is 28.9. The summed E-state index contributed by atoms with van der Waals surface area (Å²) in [4.78, 5) is 23.1. The van der Waals surface area contributed by atoms with Gasteiger partial charge in [0.25, 0.3) is 5.91 Å². The lowest BCUT2D eigenvalue weighted by Gasteiger charge is -2.19. The molecule has 0 saturated heterocycles. The predicted molar refractivity (Wildman–Crippen MR) is 65.4 cm³/mol. The summed E-state index contributed by atoms with van der Waals surface area (Å²) in [5.41, 5.74) is -1.77. The van der Waals surface area contributed by atoms with Gasteiger partial charge in [0.05, 0.1) is 5.25 Å². The lowest BCUT2D eigenvalue weighted by atomic mass is 10.1. The fourth-order valence-corrected chi connectivity index (χ4v) is 3.63. The van der Waals surface area contributed by atoms with E-state index in [1.807, 2.05) is 0 Å². The molecule has 0 aromatic carbocycles. The molecule has 2 aliphatic carbocycles. The van der Waals surface area contributed by atoms with Crippen molar-refractivity contribution in [3.05, 3.63) is 0 Å². The number of halogens is 3. The summed E-state index contributed by atoms with van der Waals surface area (Å²) in [5, 5.41) is 0.979. The van der Waals surface area contributed by atoms with Crippen LogP contribution in [0.15, 0.2) is 0 Å². The number of amides is 2. The van der Waals surface area contributed by atoms with Crippen LogP contribution in [-0.2, 0) is 19.6 Å². The van der Waals surface area contributed by atoms with Crippen LogP contribution < -0.4 is 10.0 Å². The lowest BCUT2D eigenvalue weighted by molar-refractivity contribution is -0.175. The zero-order valence-corrected chi connectivity index (χ0v) is 12.0. The molecule has 0 aromatic heterocycles. The maximum absolute atomic E-state index is 12.3. The van der Waals surface area contributed by atoms with E-state index in [1.54, 1.807) is 17.0 Å². The number of carbonyl (C=O) groups is 2. The molecule has 2 saturated carbocycles. The zero-order valence-electron chi connectivity index (χ0n) is 11.2. The Labute approximate surface area is 119 Å². The van der Waals surface area contributed by atoms with Crippen molar-refractivity contribution >= 4 is 21.8 Å². The minimum atomic E-state index is -5.12. The first-order valence-electron chi connectivity index (χ1n) is 6.48. The van der Waals surface area contributed by atoms with E-state index in [2.05, 4.69) is 0 Å². The van der Waals surface area contributed by atoms with Gasteiger partial charge in [-0.25, -0.2) is 8.42 Å². The van der Waals surface area contributed by atoms with Crippen molar-refractivity contribution in [1.29, 1.82) is 0 Å². The molecule has 120 valence electrons. The van der Waals surface area contributed by atoms with Crippen molar-refractivity contribution in [2.45, 2.75) is 49.6 Å². The van der Waals surface area contributed by atoms with Gasteiger partial charge in [-0.2, -0.15) is 13.2 Å². The topological polar surface area (TPSA) is 92.3 Å². The predicted octanol–water partition coefficient (Wildman–Crippen LogP) is 0.442. The number of carbonyl (C=O) groups excluding carboxylic acids is 2.